The molecule has 0 radical (unpaired) electrons. The van der Waals surface area contributed by atoms with Crippen molar-refractivity contribution in [3.05, 3.63) is 35.4 Å². The second-order valence-corrected chi connectivity index (χ2v) is 10.2. The Hall–Kier alpha value is -2.06. The minimum absolute atomic E-state index is 0.00402. The van der Waals surface area contributed by atoms with Gasteiger partial charge < -0.3 is 15.5 Å². The maximum atomic E-state index is 14.2. The number of benzene rings is 1. The van der Waals surface area contributed by atoms with Crippen LogP contribution in [0.3, 0.4) is 0 Å². The van der Waals surface area contributed by atoms with Crippen molar-refractivity contribution < 1.29 is 18.4 Å². The number of rotatable bonds is 5. The number of nitrogens with zero attached hydrogens (tertiary/aromatic N) is 2. The molecule has 6 nitrogen and oxygen atoms in total. The summed E-state index contributed by atoms with van der Waals surface area (Å²) >= 11 is 0. The number of hydrogen-bond acceptors (Lipinski definition) is 4. The number of hydrogen-bond donors (Lipinski definition) is 2. The average molecular weight is 437 g/mol. The van der Waals surface area contributed by atoms with Gasteiger partial charge in [-0.3, -0.25) is 14.5 Å². The normalized spacial score (nSPS) is 24.0. The zero-order valence-corrected chi connectivity index (χ0v) is 19.1. The van der Waals surface area contributed by atoms with Gasteiger partial charge in [-0.25, -0.2) is 8.78 Å². The van der Waals surface area contributed by atoms with Crippen molar-refractivity contribution in [1.82, 2.24) is 20.4 Å². The van der Waals surface area contributed by atoms with E-state index < -0.39 is 17.7 Å². The Balaban J connectivity index is 1.72. The molecule has 1 aromatic rings. The van der Waals surface area contributed by atoms with Crippen LogP contribution in [0.25, 0.3) is 0 Å². The predicted octanol–water partition coefficient (Wildman–Crippen LogP) is 2.42. The molecule has 0 saturated carbocycles. The van der Waals surface area contributed by atoms with Crippen molar-refractivity contribution in [3.63, 3.8) is 0 Å². The summed E-state index contributed by atoms with van der Waals surface area (Å²) in [7, 11) is 1.79. The van der Waals surface area contributed by atoms with Gasteiger partial charge in [-0.2, -0.15) is 0 Å². The molecule has 0 bridgehead atoms. The first kappa shape index (κ1) is 23.6. The smallest absolute Gasteiger partial charge is 0.237 e. The lowest BCUT2D eigenvalue weighted by molar-refractivity contribution is -0.140. The van der Waals surface area contributed by atoms with Gasteiger partial charge in [-0.15, -0.1) is 0 Å². The van der Waals surface area contributed by atoms with E-state index in [0.717, 1.165) is 18.9 Å². The van der Waals surface area contributed by atoms with Crippen LogP contribution in [0.5, 0.6) is 0 Å². The van der Waals surface area contributed by atoms with E-state index in [1.54, 1.807) is 16.8 Å². The summed E-state index contributed by atoms with van der Waals surface area (Å²) in [6, 6.07) is 3.37. The lowest BCUT2D eigenvalue weighted by atomic mass is 9.79. The minimum atomic E-state index is -0.914. The fourth-order valence-corrected chi connectivity index (χ4v) is 5.12. The van der Waals surface area contributed by atoms with Crippen LogP contribution in [0.2, 0.25) is 0 Å². The van der Waals surface area contributed by atoms with Crippen LogP contribution in [0.4, 0.5) is 8.78 Å². The molecule has 2 heterocycles. The molecule has 8 heteroatoms. The number of carbonyl (C=O) groups is 2. The molecule has 0 aromatic heterocycles. The van der Waals surface area contributed by atoms with Gasteiger partial charge in [0.1, 0.15) is 0 Å². The van der Waals surface area contributed by atoms with Gasteiger partial charge in [-0.05, 0) is 46.6 Å². The first-order valence-electron chi connectivity index (χ1n) is 10.9. The molecule has 1 atom stereocenters. The number of nitrogens with one attached hydrogen (secondary N) is 2. The van der Waals surface area contributed by atoms with Crippen LogP contribution >= 0.6 is 0 Å². The van der Waals surface area contributed by atoms with E-state index in [-0.39, 0.29) is 47.5 Å². The van der Waals surface area contributed by atoms with Crippen LogP contribution in [-0.4, -0.2) is 64.9 Å². The summed E-state index contributed by atoms with van der Waals surface area (Å²) < 4.78 is 27.8. The van der Waals surface area contributed by atoms with Crippen molar-refractivity contribution in [2.24, 2.45) is 0 Å². The summed E-state index contributed by atoms with van der Waals surface area (Å²) in [6.45, 7) is 9.47. The van der Waals surface area contributed by atoms with Crippen LogP contribution < -0.4 is 10.6 Å². The highest BCUT2D eigenvalue weighted by Crippen LogP contribution is 2.31. The van der Waals surface area contributed by atoms with E-state index in [9.17, 15) is 18.4 Å². The van der Waals surface area contributed by atoms with Crippen molar-refractivity contribution in [2.75, 3.05) is 20.1 Å². The topological polar surface area (TPSA) is 64.7 Å². The third kappa shape index (κ3) is 5.60. The summed E-state index contributed by atoms with van der Waals surface area (Å²) in [5.74, 6) is -2.20. The molecule has 172 valence electrons. The Kier molecular flexibility index (Phi) is 6.72. The average Bonchev–Trinajstić information content (AvgIpc) is 2.65. The quantitative estimate of drug-likeness (QED) is 0.744. The summed E-state index contributed by atoms with van der Waals surface area (Å²) in [5, 5.41) is 6.41. The predicted molar refractivity (Wildman–Crippen MR) is 115 cm³/mol. The molecule has 0 spiro atoms. The second-order valence-electron chi connectivity index (χ2n) is 10.2. The highest BCUT2D eigenvalue weighted by molar-refractivity contribution is 5.88. The summed E-state index contributed by atoms with van der Waals surface area (Å²) in [6.07, 6.45) is 1.63. The van der Waals surface area contributed by atoms with Crippen LogP contribution in [-0.2, 0) is 16.1 Å². The fraction of sp³-hybridized carbons (Fsp3) is 0.652. The van der Waals surface area contributed by atoms with E-state index in [0.29, 0.717) is 13.1 Å². The SMILES string of the molecule is CN(C(=O)CC1C(=O)NCCN1Cc1cccc(F)c1F)C1CC(C)(C)NC(C)(C)C1. The van der Waals surface area contributed by atoms with E-state index in [2.05, 4.69) is 38.3 Å². The van der Waals surface area contributed by atoms with E-state index in [1.165, 1.54) is 12.1 Å². The Morgan fingerprint density at radius 1 is 1.19 bits per heavy atom. The minimum Gasteiger partial charge on any atom is -0.353 e. The first-order chi connectivity index (χ1) is 14.4. The van der Waals surface area contributed by atoms with E-state index in [4.69, 9.17) is 0 Å². The number of carbonyl (C=O) groups excluding carboxylic acids is 2. The third-order valence-electron chi connectivity index (χ3n) is 6.32. The lowest BCUT2D eigenvalue weighted by Crippen LogP contribution is -2.63. The molecule has 2 N–H and O–H groups in total. The molecule has 2 aliphatic heterocycles. The lowest BCUT2D eigenvalue weighted by Gasteiger charge is -2.49. The highest BCUT2D eigenvalue weighted by atomic mass is 19.2. The van der Waals surface area contributed by atoms with Gasteiger partial charge in [-0.1, -0.05) is 12.1 Å². The van der Waals surface area contributed by atoms with Crippen LogP contribution in [0.15, 0.2) is 18.2 Å². The molecule has 1 unspecified atom stereocenters. The molecule has 2 aliphatic rings. The molecule has 2 fully saturated rings. The number of piperidine rings is 1. The zero-order chi connectivity index (χ0) is 23.0. The third-order valence-corrected chi connectivity index (χ3v) is 6.32. The molecule has 31 heavy (non-hydrogen) atoms. The van der Waals surface area contributed by atoms with Crippen molar-refractivity contribution in [2.45, 2.75) is 76.7 Å². The number of amides is 2. The molecule has 3 rings (SSSR count). The fourth-order valence-electron chi connectivity index (χ4n) is 5.12. The number of piperazine rings is 1. The monoisotopic (exact) mass is 436 g/mol. The van der Waals surface area contributed by atoms with Crippen LogP contribution in [0, 0.1) is 11.6 Å². The van der Waals surface area contributed by atoms with E-state index in [1.807, 2.05) is 0 Å². The summed E-state index contributed by atoms with van der Waals surface area (Å²) in [5.41, 5.74) is -0.0313. The molecule has 0 aliphatic carbocycles. The first-order valence-corrected chi connectivity index (χ1v) is 10.9. The molecule has 2 saturated heterocycles. The summed E-state index contributed by atoms with van der Waals surface area (Å²) in [4.78, 5) is 29.3. The molecule has 2 amide bonds. The largest absolute Gasteiger partial charge is 0.353 e. The Morgan fingerprint density at radius 2 is 1.84 bits per heavy atom. The van der Waals surface area contributed by atoms with Gasteiger partial charge in [0.25, 0.3) is 0 Å². The van der Waals surface area contributed by atoms with Gasteiger partial charge in [0.2, 0.25) is 11.8 Å². The Labute approximate surface area is 183 Å². The molecular weight excluding hydrogens is 402 g/mol. The highest BCUT2D eigenvalue weighted by Gasteiger charge is 2.41. The second kappa shape index (κ2) is 8.82. The standard InChI is InChI=1S/C23H34F2N4O2/c1-22(2)12-16(13-23(3,4)27-22)28(5)19(30)11-18-21(31)26-9-10-29(18)14-15-7-6-8-17(24)20(15)25/h6-8,16,18,27H,9-14H2,1-5H3,(H,26,31). The maximum absolute atomic E-state index is 14.2. The van der Waals surface area contributed by atoms with Crippen molar-refractivity contribution in [1.29, 1.82) is 0 Å². The van der Waals surface area contributed by atoms with Crippen LogP contribution in [0.1, 0.15) is 52.5 Å². The van der Waals surface area contributed by atoms with Crippen molar-refractivity contribution >= 4 is 11.8 Å². The number of halogens is 2. The maximum Gasteiger partial charge on any atom is 0.237 e. The zero-order valence-electron chi connectivity index (χ0n) is 19.1. The van der Waals surface area contributed by atoms with Gasteiger partial charge in [0.05, 0.1) is 12.5 Å². The Bertz CT molecular complexity index is 827. The molecular formula is C23H34F2N4O2. The van der Waals surface area contributed by atoms with Gasteiger partial charge in [0.15, 0.2) is 11.6 Å². The Morgan fingerprint density at radius 3 is 2.48 bits per heavy atom. The van der Waals surface area contributed by atoms with Gasteiger partial charge in [0, 0.05) is 49.4 Å². The van der Waals surface area contributed by atoms with E-state index >= 15 is 0 Å². The molecule has 1 aromatic carbocycles. The van der Waals surface area contributed by atoms with Gasteiger partial charge >= 0.3 is 0 Å². The van der Waals surface area contributed by atoms with Crippen molar-refractivity contribution in [3.8, 4) is 0 Å².